The number of rotatable bonds is 4. The smallest absolute Gasteiger partial charge is 0.352 e. The molecule has 0 bridgehead atoms. The standard InChI is InChI=1S/C19H13Cl2NO4/c1-25-19(24)17(15-5-4-14(20)9-16(15)21)26-18(23)12-2-3-13-10-22-7-6-11(13)8-12/h2-10,17H,1H3. The average molecular weight is 390 g/mol. The van der Waals surface area contributed by atoms with E-state index in [4.69, 9.17) is 32.7 Å². The molecule has 26 heavy (non-hydrogen) atoms. The van der Waals surface area contributed by atoms with Crippen molar-refractivity contribution in [3.8, 4) is 0 Å². The summed E-state index contributed by atoms with van der Waals surface area (Å²) < 4.78 is 10.1. The average Bonchev–Trinajstić information content (AvgIpc) is 2.65. The predicted octanol–water partition coefficient (Wildman–Crippen LogP) is 4.61. The third-order valence-corrected chi connectivity index (χ3v) is 4.32. The van der Waals surface area contributed by atoms with E-state index in [1.54, 1.807) is 42.7 Å². The fourth-order valence-corrected chi connectivity index (χ4v) is 2.95. The molecule has 1 atom stereocenters. The number of ether oxygens (including phenoxy) is 2. The SMILES string of the molecule is COC(=O)C(OC(=O)c1ccc2cnccc2c1)c1ccc(Cl)cc1Cl. The molecule has 0 amide bonds. The summed E-state index contributed by atoms with van der Waals surface area (Å²) >= 11 is 12.0. The van der Waals surface area contributed by atoms with E-state index >= 15 is 0 Å². The highest BCUT2D eigenvalue weighted by Gasteiger charge is 2.28. The van der Waals surface area contributed by atoms with Gasteiger partial charge in [0.25, 0.3) is 0 Å². The van der Waals surface area contributed by atoms with E-state index in [0.717, 1.165) is 10.8 Å². The first kappa shape index (κ1) is 18.2. The predicted molar refractivity (Wildman–Crippen MR) is 98.4 cm³/mol. The number of carbonyl (C=O) groups excluding carboxylic acids is 2. The molecule has 0 spiro atoms. The molecule has 7 heteroatoms. The van der Waals surface area contributed by atoms with Gasteiger partial charge in [-0.05, 0) is 35.7 Å². The molecule has 1 aromatic heterocycles. The molecule has 0 fully saturated rings. The monoisotopic (exact) mass is 389 g/mol. The minimum atomic E-state index is -1.30. The molecular formula is C19H13Cl2NO4. The summed E-state index contributed by atoms with van der Waals surface area (Å²) in [6, 6.07) is 11.3. The summed E-state index contributed by atoms with van der Waals surface area (Å²) in [5, 5.41) is 2.31. The summed E-state index contributed by atoms with van der Waals surface area (Å²) in [6.07, 6.45) is 2.02. The Labute approximate surface area is 159 Å². The van der Waals surface area contributed by atoms with Crippen LogP contribution in [-0.4, -0.2) is 24.0 Å². The highest BCUT2D eigenvalue weighted by molar-refractivity contribution is 6.35. The van der Waals surface area contributed by atoms with E-state index in [1.807, 2.05) is 0 Å². The molecule has 5 nitrogen and oxygen atoms in total. The Balaban J connectivity index is 1.92. The van der Waals surface area contributed by atoms with Gasteiger partial charge in [-0.15, -0.1) is 0 Å². The minimum Gasteiger partial charge on any atom is -0.466 e. The Morgan fingerprint density at radius 2 is 1.85 bits per heavy atom. The van der Waals surface area contributed by atoms with Gasteiger partial charge in [-0.3, -0.25) is 4.98 Å². The van der Waals surface area contributed by atoms with Crippen molar-refractivity contribution in [3.63, 3.8) is 0 Å². The first-order valence-electron chi connectivity index (χ1n) is 7.57. The van der Waals surface area contributed by atoms with Crippen molar-refractivity contribution in [1.29, 1.82) is 0 Å². The molecule has 3 aromatic rings. The van der Waals surface area contributed by atoms with Crippen molar-refractivity contribution in [2.45, 2.75) is 6.10 Å². The van der Waals surface area contributed by atoms with Crippen LogP contribution >= 0.6 is 23.2 Å². The Morgan fingerprint density at radius 3 is 2.58 bits per heavy atom. The van der Waals surface area contributed by atoms with Crippen LogP contribution in [-0.2, 0) is 14.3 Å². The molecule has 132 valence electrons. The quantitative estimate of drug-likeness (QED) is 0.609. The zero-order chi connectivity index (χ0) is 18.7. The normalized spacial score (nSPS) is 11.8. The van der Waals surface area contributed by atoms with Crippen molar-refractivity contribution < 1.29 is 19.1 Å². The zero-order valence-corrected chi connectivity index (χ0v) is 15.1. The van der Waals surface area contributed by atoms with E-state index in [0.29, 0.717) is 16.1 Å². The number of nitrogens with zero attached hydrogens (tertiary/aromatic N) is 1. The van der Waals surface area contributed by atoms with E-state index in [2.05, 4.69) is 4.98 Å². The van der Waals surface area contributed by atoms with Crippen molar-refractivity contribution >= 4 is 45.9 Å². The molecule has 3 rings (SSSR count). The van der Waals surface area contributed by atoms with Crippen molar-refractivity contribution in [1.82, 2.24) is 4.98 Å². The number of fused-ring (bicyclic) bond motifs is 1. The number of halogens is 2. The van der Waals surface area contributed by atoms with Crippen LogP contribution in [0.4, 0.5) is 0 Å². The molecule has 1 heterocycles. The lowest BCUT2D eigenvalue weighted by Crippen LogP contribution is -2.21. The largest absolute Gasteiger partial charge is 0.466 e. The van der Waals surface area contributed by atoms with E-state index in [9.17, 15) is 9.59 Å². The highest BCUT2D eigenvalue weighted by Crippen LogP contribution is 2.30. The Kier molecular flexibility index (Phi) is 5.40. The maximum absolute atomic E-state index is 12.6. The van der Waals surface area contributed by atoms with Gasteiger partial charge in [-0.2, -0.15) is 0 Å². The van der Waals surface area contributed by atoms with Crippen LogP contribution in [0, 0.1) is 0 Å². The van der Waals surface area contributed by atoms with Crippen LogP contribution in [0.2, 0.25) is 10.0 Å². The van der Waals surface area contributed by atoms with Gasteiger partial charge in [0.1, 0.15) is 0 Å². The van der Waals surface area contributed by atoms with Gasteiger partial charge in [0.15, 0.2) is 0 Å². The number of benzene rings is 2. The third-order valence-electron chi connectivity index (χ3n) is 3.76. The number of esters is 2. The molecule has 0 aliphatic rings. The molecule has 1 unspecified atom stereocenters. The van der Waals surface area contributed by atoms with Crippen LogP contribution in [0.3, 0.4) is 0 Å². The van der Waals surface area contributed by atoms with Crippen LogP contribution in [0.1, 0.15) is 22.0 Å². The second kappa shape index (κ2) is 7.72. The van der Waals surface area contributed by atoms with E-state index in [-0.39, 0.29) is 5.02 Å². The van der Waals surface area contributed by atoms with Crippen molar-refractivity contribution in [3.05, 3.63) is 76.0 Å². The summed E-state index contributed by atoms with van der Waals surface area (Å²) in [5.41, 5.74) is 0.587. The first-order chi connectivity index (χ1) is 12.5. The zero-order valence-electron chi connectivity index (χ0n) is 13.6. The van der Waals surface area contributed by atoms with Gasteiger partial charge < -0.3 is 9.47 Å². The lowest BCUT2D eigenvalue weighted by Gasteiger charge is -2.17. The summed E-state index contributed by atoms with van der Waals surface area (Å²) in [6.45, 7) is 0. The number of methoxy groups -OCH3 is 1. The number of hydrogen-bond donors (Lipinski definition) is 0. The van der Waals surface area contributed by atoms with Crippen LogP contribution in [0.5, 0.6) is 0 Å². The fraction of sp³-hybridized carbons (Fsp3) is 0.105. The minimum absolute atomic E-state index is 0.199. The molecule has 2 aromatic carbocycles. The van der Waals surface area contributed by atoms with Gasteiger partial charge in [0, 0.05) is 33.4 Å². The number of carbonyl (C=O) groups is 2. The van der Waals surface area contributed by atoms with Gasteiger partial charge in [0.05, 0.1) is 12.7 Å². The number of aromatic nitrogens is 1. The maximum atomic E-state index is 12.6. The van der Waals surface area contributed by atoms with Crippen LogP contribution in [0.15, 0.2) is 54.9 Å². The highest BCUT2D eigenvalue weighted by atomic mass is 35.5. The fourth-order valence-electron chi connectivity index (χ4n) is 2.45. The Bertz CT molecular complexity index is 990. The van der Waals surface area contributed by atoms with Crippen molar-refractivity contribution in [2.24, 2.45) is 0 Å². The first-order valence-corrected chi connectivity index (χ1v) is 8.32. The summed E-state index contributed by atoms with van der Waals surface area (Å²) in [5.74, 6) is -1.42. The van der Waals surface area contributed by atoms with Gasteiger partial charge in [-0.25, -0.2) is 9.59 Å². The summed E-state index contributed by atoms with van der Waals surface area (Å²) in [7, 11) is 1.20. The van der Waals surface area contributed by atoms with E-state index in [1.165, 1.54) is 19.2 Å². The van der Waals surface area contributed by atoms with Gasteiger partial charge >= 0.3 is 11.9 Å². The van der Waals surface area contributed by atoms with Crippen LogP contribution in [0.25, 0.3) is 10.8 Å². The molecule has 0 N–H and O–H groups in total. The lowest BCUT2D eigenvalue weighted by molar-refractivity contribution is -0.151. The number of pyridine rings is 1. The third kappa shape index (κ3) is 3.79. The van der Waals surface area contributed by atoms with Gasteiger partial charge in [-0.1, -0.05) is 35.3 Å². The second-order valence-electron chi connectivity index (χ2n) is 5.41. The molecular weight excluding hydrogens is 377 g/mol. The molecule has 0 saturated carbocycles. The molecule has 0 aliphatic heterocycles. The molecule has 0 aliphatic carbocycles. The lowest BCUT2D eigenvalue weighted by atomic mass is 10.1. The topological polar surface area (TPSA) is 65.5 Å². The molecule has 0 radical (unpaired) electrons. The maximum Gasteiger partial charge on any atom is 0.352 e. The van der Waals surface area contributed by atoms with Gasteiger partial charge in [0.2, 0.25) is 6.10 Å². The Morgan fingerprint density at radius 1 is 1.04 bits per heavy atom. The van der Waals surface area contributed by atoms with Crippen LogP contribution < -0.4 is 0 Å². The number of hydrogen-bond acceptors (Lipinski definition) is 5. The summed E-state index contributed by atoms with van der Waals surface area (Å²) in [4.78, 5) is 28.7. The molecule has 0 saturated heterocycles. The van der Waals surface area contributed by atoms with Crippen molar-refractivity contribution in [2.75, 3.05) is 7.11 Å². The Hall–Kier alpha value is -2.63. The van der Waals surface area contributed by atoms with E-state index < -0.39 is 18.0 Å². The second-order valence-corrected chi connectivity index (χ2v) is 6.26.